The molecule has 1 aromatic carbocycles. The molecule has 144 valence electrons. The zero-order chi connectivity index (χ0) is 19.7. The number of fused-ring (bicyclic) bond motifs is 3. The smallest absolute Gasteiger partial charge is 0.293 e. The Kier molecular flexibility index (Phi) is 5.27. The molecule has 0 atom stereocenters. The molecule has 1 aliphatic rings. The highest BCUT2D eigenvalue weighted by atomic mass is 32.2. The van der Waals surface area contributed by atoms with Crippen molar-refractivity contribution >= 4 is 50.6 Å². The van der Waals surface area contributed by atoms with Crippen LogP contribution in [-0.4, -0.2) is 26.6 Å². The van der Waals surface area contributed by atoms with Crippen LogP contribution in [-0.2, 0) is 17.6 Å². The number of carbonyl (C=O) groups excluding carboxylic acids is 1. The van der Waals surface area contributed by atoms with E-state index >= 15 is 0 Å². The number of nitrogens with one attached hydrogen (secondary N) is 1. The van der Waals surface area contributed by atoms with Crippen LogP contribution in [0.2, 0.25) is 0 Å². The van der Waals surface area contributed by atoms with Crippen molar-refractivity contribution in [3.8, 4) is 0 Å². The number of amides is 1. The number of aryl methyl sites for hydroxylation is 3. The molecule has 0 radical (unpaired) electrons. The normalized spacial score (nSPS) is 13.3. The van der Waals surface area contributed by atoms with Gasteiger partial charge in [-0.1, -0.05) is 23.9 Å². The van der Waals surface area contributed by atoms with Gasteiger partial charge in [0.15, 0.2) is 0 Å². The number of aromatic nitrogens is 2. The van der Waals surface area contributed by atoms with E-state index in [-0.39, 0.29) is 23.0 Å². The molecule has 0 spiro atoms. The molecule has 1 N–H and O–H groups in total. The lowest BCUT2D eigenvalue weighted by Crippen LogP contribution is -2.16. The summed E-state index contributed by atoms with van der Waals surface area (Å²) in [5.74, 6) is -0.166. The summed E-state index contributed by atoms with van der Waals surface area (Å²) in [6.45, 7) is 1.74. The number of nitrogens with zero attached hydrogens (tertiary/aromatic N) is 3. The predicted octanol–water partition coefficient (Wildman–Crippen LogP) is 4.52. The van der Waals surface area contributed by atoms with Crippen molar-refractivity contribution in [2.45, 2.75) is 37.6 Å². The average Bonchev–Trinajstić information content (AvgIpc) is 3.07. The molecule has 1 amide bonds. The summed E-state index contributed by atoms with van der Waals surface area (Å²) in [5.41, 5.74) is 2.13. The molecule has 0 bridgehead atoms. The van der Waals surface area contributed by atoms with E-state index in [1.165, 1.54) is 41.0 Å². The summed E-state index contributed by atoms with van der Waals surface area (Å²) in [5, 5.41) is 15.8. The number of rotatable bonds is 5. The lowest BCUT2D eigenvalue weighted by molar-refractivity contribution is -0.384. The van der Waals surface area contributed by atoms with Gasteiger partial charge in [-0.2, -0.15) is 0 Å². The maximum absolute atomic E-state index is 12.5. The lowest BCUT2D eigenvalue weighted by Gasteiger charge is -2.11. The van der Waals surface area contributed by atoms with Crippen molar-refractivity contribution in [2.75, 3.05) is 11.1 Å². The Morgan fingerprint density at radius 1 is 1.32 bits per heavy atom. The molecule has 0 aliphatic heterocycles. The van der Waals surface area contributed by atoms with Crippen molar-refractivity contribution in [3.63, 3.8) is 0 Å². The number of anilines is 1. The second-order valence-electron chi connectivity index (χ2n) is 6.63. The highest BCUT2D eigenvalue weighted by molar-refractivity contribution is 8.00. The SMILES string of the molecule is Cc1cccc([N+](=O)[O-])c1NC(=O)CSc1ncnc2sc3c(c12)CCCC3. The van der Waals surface area contributed by atoms with Gasteiger partial charge in [-0.05, 0) is 43.7 Å². The number of carbonyl (C=O) groups is 1. The Morgan fingerprint density at radius 2 is 2.14 bits per heavy atom. The summed E-state index contributed by atoms with van der Waals surface area (Å²) < 4.78 is 0. The molecule has 9 heteroatoms. The van der Waals surface area contributed by atoms with E-state index in [4.69, 9.17) is 0 Å². The van der Waals surface area contributed by atoms with Crippen LogP contribution in [0.4, 0.5) is 11.4 Å². The van der Waals surface area contributed by atoms with Gasteiger partial charge >= 0.3 is 0 Å². The van der Waals surface area contributed by atoms with Crippen LogP contribution in [0.1, 0.15) is 28.8 Å². The van der Waals surface area contributed by atoms with Crippen LogP contribution < -0.4 is 5.32 Å². The number of benzene rings is 1. The molecule has 0 fully saturated rings. The molecule has 7 nitrogen and oxygen atoms in total. The molecule has 0 unspecified atom stereocenters. The first-order valence-electron chi connectivity index (χ1n) is 8.96. The van der Waals surface area contributed by atoms with Crippen molar-refractivity contribution in [2.24, 2.45) is 0 Å². The molecule has 28 heavy (non-hydrogen) atoms. The molecule has 1 aliphatic carbocycles. The number of nitro groups is 1. The minimum absolute atomic E-state index is 0.102. The molecule has 0 saturated carbocycles. The minimum atomic E-state index is -0.485. The molecule has 0 saturated heterocycles. The summed E-state index contributed by atoms with van der Waals surface area (Å²) >= 11 is 3.07. The van der Waals surface area contributed by atoms with Gasteiger partial charge in [0.2, 0.25) is 5.91 Å². The fourth-order valence-electron chi connectivity index (χ4n) is 3.45. The number of para-hydroxylation sites is 1. The highest BCUT2D eigenvalue weighted by Crippen LogP contribution is 2.39. The van der Waals surface area contributed by atoms with Crippen LogP contribution in [0.5, 0.6) is 0 Å². The molecular weight excluding hydrogens is 396 g/mol. The number of thiophene rings is 1. The number of hydrogen-bond acceptors (Lipinski definition) is 7. The standard InChI is InChI=1S/C19H18N4O3S2/c1-11-5-4-7-13(23(25)26)17(11)22-15(24)9-27-18-16-12-6-2-3-8-14(12)28-19(16)21-10-20-18/h4-5,7,10H,2-3,6,8-9H2,1H3,(H,22,24). The molecule has 3 aromatic rings. The highest BCUT2D eigenvalue weighted by Gasteiger charge is 2.21. The van der Waals surface area contributed by atoms with Gasteiger partial charge in [0, 0.05) is 16.3 Å². The Morgan fingerprint density at radius 3 is 2.96 bits per heavy atom. The zero-order valence-electron chi connectivity index (χ0n) is 15.2. The third kappa shape index (κ3) is 3.59. The first-order chi connectivity index (χ1) is 13.5. The minimum Gasteiger partial charge on any atom is -0.319 e. The number of nitro benzene ring substituents is 1. The third-order valence-electron chi connectivity index (χ3n) is 4.77. The Bertz CT molecular complexity index is 1080. The Labute approximate surface area is 169 Å². The van der Waals surface area contributed by atoms with E-state index in [0.717, 1.165) is 34.5 Å². The Hall–Kier alpha value is -2.52. The van der Waals surface area contributed by atoms with Crippen LogP contribution in [0.15, 0.2) is 29.6 Å². The predicted molar refractivity (Wildman–Crippen MR) is 111 cm³/mol. The molecule has 2 aromatic heterocycles. The van der Waals surface area contributed by atoms with E-state index in [1.54, 1.807) is 30.4 Å². The summed E-state index contributed by atoms with van der Waals surface area (Å²) in [7, 11) is 0. The van der Waals surface area contributed by atoms with Crippen LogP contribution >= 0.6 is 23.1 Å². The summed E-state index contributed by atoms with van der Waals surface area (Å²) in [4.78, 5) is 34.4. The van der Waals surface area contributed by atoms with Crippen LogP contribution in [0.25, 0.3) is 10.2 Å². The van der Waals surface area contributed by atoms with Crippen molar-refractivity contribution < 1.29 is 9.72 Å². The lowest BCUT2D eigenvalue weighted by atomic mass is 9.97. The van der Waals surface area contributed by atoms with Gasteiger partial charge in [0.1, 0.15) is 21.9 Å². The van der Waals surface area contributed by atoms with Crippen LogP contribution in [0, 0.1) is 17.0 Å². The van der Waals surface area contributed by atoms with Gasteiger partial charge in [0.05, 0.1) is 10.7 Å². The maximum Gasteiger partial charge on any atom is 0.293 e. The molecule has 2 heterocycles. The van der Waals surface area contributed by atoms with Gasteiger partial charge in [0.25, 0.3) is 5.69 Å². The summed E-state index contributed by atoms with van der Waals surface area (Å²) in [6, 6.07) is 4.73. The fourth-order valence-corrected chi connectivity index (χ4v) is 5.57. The summed E-state index contributed by atoms with van der Waals surface area (Å²) in [6.07, 6.45) is 6.01. The monoisotopic (exact) mass is 414 g/mol. The van der Waals surface area contributed by atoms with E-state index in [1.807, 2.05) is 0 Å². The quantitative estimate of drug-likeness (QED) is 0.285. The number of thioether (sulfide) groups is 1. The maximum atomic E-state index is 12.5. The van der Waals surface area contributed by atoms with Gasteiger partial charge in [-0.3, -0.25) is 14.9 Å². The second-order valence-corrected chi connectivity index (χ2v) is 8.68. The third-order valence-corrected chi connectivity index (χ3v) is 6.96. The van der Waals surface area contributed by atoms with E-state index < -0.39 is 4.92 Å². The van der Waals surface area contributed by atoms with Crippen molar-refractivity contribution in [3.05, 3.63) is 50.6 Å². The van der Waals surface area contributed by atoms with Gasteiger partial charge in [-0.15, -0.1) is 11.3 Å². The van der Waals surface area contributed by atoms with Gasteiger partial charge in [-0.25, -0.2) is 9.97 Å². The average molecular weight is 415 g/mol. The number of hydrogen-bond donors (Lipinski definition) is 1. The van der Waals surface area contributed by atoms with E-state index in [0.29, 0.717) is 5.56 Å². The zero-order valence-corrected chi connectivity index (χ0v) is 16.9. The van der Waals surface area contributed by atoms with Gasteiger partial charge < -0.3 is 5.32 Å². The Balaban J connectivity index is 1.54. The van der Waals surface area contributed by atoms with Crippen LogP contribution in [0.3, 0.4) is 0 Å². The molecule has 4 rings (SSSR count). The van der Waals surface area contributed by atoms with Crippen molar-refractivity contribution in [1.82, 2.24) is 9.97 Å². The first kappa shape index (κ1) is 18.8. The topological polar surface area (TPSA) is 98.0 Å². The fraction of sp³-hybridized carbons (Fsp3) is 0.316. The van der Waals surface area contributed by atoms with E-state index in [2.05, 4.69) is 15.3 Å². The molecular formula is C19H18N4O3S2. The van der Waals surface area contributed by atoms with Crippen molar-refractivity contribution in [1.29, 1.82) is 0 Å². The largest absolute Gasteiger partial charge is 0.319 e. The first-order valence-corrected chi connectivity index (χ1v) is 10.8. The second kappa shape index (κ2) is 7.84. The van der Waals surface area contributed by atoms with E-state index in [9.17, 15) is 14.9 Å².